The molecule has 0 aliphatic heterocycles. The number of amides is 1. The number of aromatic nitrogens is 1. The molecule has 168 valence electrons. The molecule has 1 heterocycles. The van der Waals surface area contributed by atoms with Gasteiger partial charge in [0.2, 0.25) is 0 Å². The number of aryl methyl sites for hydroxylation is 1. The Kier molecular flexibility index (Phi) is 9.48. The maximum atomic E-state index is 12.8. The second-order valence-electron chi connectivity index (χ2n) is 7.37. The molecule has 0 spiro atoms. The third kappa shape index (κ3) is 9.06. The molecule has 1 atom stereocenters. The van der Waals surface area contributed by atoms with Crippen LogP contribution in [0.15, 0.2) is 35.9 Å². The van der Waals surface area contributed by atoms with Crippen molar-refractivity contribution in [3.63, 3.8) is 0 Å². The van der Waals surface area contributed by atoms with E-state index < -0.39 is 31.0 Å². The van der Waals surface area contributed by atoms with Gasteiger partial charge in [0.05, 0.1) is 11.7 Å². The van der Waals surface area contributed by atoms with Crippen molar-refractivity contribution in [2.75, 3.05) is 25.1 Å². The Morgan fingerprint density at radius 2 is 1.93 bits per heavy atom. The molecule has 0 aromatic carbocycles. The Hall–Kier alpha value is -2.91. The highest BCUT2D eigenvalue weighted by Gasteiger charge is 2.30. The summed E-state index contributed by atoms with van der Waals surface area (Å²) in [6.45, 7) is 5.50. The van der Waals surface area contributed by atoms with Gasteiger partial charge in [0, 0.05) is 12.2 Å². The molecule has 1 aromatic rings. The molecule has 0 aliphatic rings. The Balaban J connectivity index is 2.74. The molecule has 7 nitrogen and oxygen atoms in total. The highest BCUT2D eigenvalue weighted by molar-refractivity contribution is 5.93. The number of rotatable bonds is 11. The fraction of sp³-hybridized carbons (Fsp3) is 0.500. The average Bonchev–Trinajstić information content (AvgIpc) is 2.68. The summed E-state index contributed by atoms with van der Waals surface area (Å²) in [4.78, 5) is 16.7. The lowest BCUT2D eigenvalue weighted by Gasteiger charge is -2.17. The van der Waals surface area contributed by atoms with Crippen LogP contribution < -0.4 is 22.1 Å². The van der Waals surface area contributed by atoms with Crippen LogP contribution in [0.4, 0.5) is 19.0 Å². The van der Waals surface area contributed by atoms with E-state index >= 15 is 0 Å². The fourth-order valence-corrected chi connectivity index (χ4v) is 2.23. The predicted octanol–water partition coefficient (Wildman–Crippen LogP) is 2.90. The zero-order chi connectivity index (χ0) is 22.9. The summed E-state index contributed by atoms with van der Waals surface area (Å²) >= 11 is 0. The van der Waals surface area contributed by atoms with Gasteiger partial charge in [0.1, 0.15) is 5.82 Å². The first-order valence-corrected chi connectivity index (χ1v) is 9.46. The lowest BCUT2D eigenvalue weighted by Crippen LogP contribution is -2.31. The van der Waals surface area contributed by atoms with Gasteiger partial charge in [-0.1, -0.05) is 13.8 Å². The first-order chi connectivity index (χ1) is 13.9. The van der Waals surface area contributed by atoms with E-state index in [4.69, 9.17) is 11.5 Å². The van der Waals surface area contributed by atoms with Crippen LogP contribution in [0.25, 0.3) is 0 Å². The quantitative estimate of drug-likeness (QED) is 0.244. The molecule has 1 rings (SSSR count). The SMILES string of the molecule is Cc1cc(C(C)NC(=O)/C(N)=C/C=C(\N)OCC(F)(F)CF)cc(NCC(C)C)n1. The van der Waals surface area contributed by atoms with Crippen LogP contribution in [0.2, 0.25) is 0 Å². The number of hydrogen-bond acceptors (Lipinski definition) is 6. The molecule has 6 N–H and O–H groups in total. The number of anilines is 1. The van der Waals surface area contributed by atoms with Gasteiger partial charge in [0.25, 0.3) is 5.91 Å². The van der Waals surface area contributed by atoms with Crippen LogP contribution in [0.5, 0.6) is 0 Å². The lowest BCUT2D eigenvalue weighted by molar-refractivity contribution is -0.118. The van der Waals surface area contributed by atoms with Crippen LogP contribution in [0.3, 0.4) is 0 Å². The number of alkyl halides is 3. The van der Waals surface area contributed by atoms with E-state index in [1.165, 1.54) is 0 Å². The number of halogens is 3. The largest absolute Gasteiger partial charge is 0.473 e. The van der Waals surface area contributed by atoms with Gasteiger partial charge in [-0.25, -0.2) is 9.37 Å². The molecule has 10 heteroatoms. The van der Waals surface area contributed by atoms with E-state index in [9.17, 15) is 18.0 Å². The molecule has 0 saturated carbocycles. The van der Waals surface area contributed by atoms with Gasteiger partial charge in [0.15, 0.2) is 19.2 Å². The minimum atomic E-state index is -3.63. The van der Waals surface area contributed by atoms with Crippen molar-refractivity contribution in [1.29, 1.82) is 0 Å². The average molecular weight is 429 g/mol. The maximum Gasteiger partial charge on any atom is 0.309 e. The number of carbonyl (C=O) groups is 1. The molecule has 1 amide bonds. The summed E-state index contributed by atoms with van der Waals surface area (Å²) in [5.41, 5.74) is 12.5. The number of allylic oxidation sites excluding steroid dienone is 2. The smallest absolute Gasteiger partial charge is 0.309 e. The molecule has 0 fully saturated rings. The standard InChI is InChI=1S/C20H30F3N5O2/c1-12(2)9-26-18-8-15(7-13(3)27-18)14(4)28-19(29)16(24)5-6-17(25)30-11-20(22,23)10-21/h5-8,12,14H,9-11,24-25H2,1-4H3,(H,26,27)(H,28,29)/b16-5-,17-6+. The highest BCUT2D eigenvalue weighted by Crippen LogP contribution is 2.18. The van der Waals surface area contributed by atoms with Crippen molar-refractivity contribution in [3.05, 3.63) is 47.1 Å². The number of hydrogen-bond donors (Lipinski definition) is 4. The zero-order valence-corrected chi connectivity index (χ0v) is 17.6. The predicted molar refractivity (Wildman–Crippen MR) is 110 cm³/mol. The van der Waals surface area contributed by atoms with E-state index in [2.05, 4.69) is 34.2 Å². The molecule has 1 unspecified atom stereocenters. The molecule has 0 radical (unpaired) electrons. The molecular formula is C20H30F3N5O2. The van der Waals surface area contributed by atoms with Crippen molar-refractivity contribution in [2.24, 2.45) is 17.4 Å². The zero-order valence-electron chi connectivity index (χ0n) is 17.6. The van der Waals surface area contributed by atoms with Crippen LogP contribution in [-0.2, 0) is 9.53 Å². The summed E-state index contributed by atoms with van der Waals surface area (Å²) in [7, 11) is 0. The number of pyridine rings is 1. The van der Waals surface area contributed by atoms with Crippen molar-refractivity contribution in [1.82, 2.24) is 10.3 Å². The van der Waals surface area contributed by atoms with Crippen LogP contribution in [0.1, 0.15) is 38.1 Å². The van der Waals surface area contributed by atoms with E-state index in [0.29, 0.717) is 11.7 Å². The number of nitrogens with two attached hydrogens (primary N) is 2. The lowest BCUT2D eigenvalue weighted by atomic mass is 10.1. The second kappa shape index (κ2) is 11.3. The molecule has 0 saturated heterocycles. The van der Waals surface area contributed by atoms with Crippen LogP contribution in [-0.4, -0.2) is 36.6 Å². The Morgan fingerprint density at radius 3 is 2.53 bits per heavy atom. The van der Waals surface area contributed by atoms with Crippen LogP contribution in [0, 0.1) is 12.8 Å². The Morgan fingerprint density at radius 1 is 1.27 bits per heavy atom. The molecular weight excluding hydrogens is 399 g/mol. The van der Waals surface area contributed by atoms with Gasteiger partial charge in [-0.2, -0.15) is 8.78 Å². The van der Waals surface area contributed by atoms with Crippen molar-refractivity contribution < 1.29 is 22.7 Å². The van der Waals surface area contributed by atoms with Crippen molar-refractivity contribution >= 4 is 11.7 Å². The first kappa shape index (κ1) is 25.1. The number of nitrogens with one attached hydrogen (secondary N) is 2. The third-order valence-corrected chi connectivity index (χ3v) is 3.85. The fourth-order valence-electron chi connectivity index (χ4n) is 2.23. The summed E-state index contributed by atoms with van der Waals surface area (Å²) in [6, 6.07) is 3.32. The number of carbonyl (C=O) groups excluding carboxylic acids is 1. The summed E-state index contributed by atoms with van der Waals surface area (Å²) < 4.78 is 42.2. The Bertz CT molecular complexity index is 782. The molecule has 0 bridgehead atoms. The minimum Gasteiger partial charge on any atom is -0.473 e. The van der Waals surface area contributed by atoms with Crippen LogP contribution >= 0.6 is 0 Å². The second-order valence-corrected chi connectivity index (χ2v) is 7.37. The van der Waals surface area contributed by atoms with E-state index in [0.717, 1.165) is 30.0 Å². The number of ether oxygens (including phenoxy) is 1. The van der Waals surface area contributed by atoms with Crippen molar-refractivity contribution in [3.8, 4) is 0 Å². The molecule has 0 aliphatic carbocycles. The topological polar surface area (TPSA) is 115 Å². The first-order valence-electron chi connectivity index (χ1n) is 9.46. The minimum absolute atomic E-state index is 0.199. The summed E-state index contributed by atoms with van der Waals surface area (Å²) in [6.07, 6.45) is 2.18. The Labute approximate surface area is 174 Å². The van der Waals surface area contributed by atoms with Gasteiger partial charge in [-0.3, -0.25) is 4.79 Å². The van der Waals surface area contributed by atoms with E-state index in [1.807, 2.05) is 19.1 Å². The van der Waals surface area contributed by atoms with Crippen molar-refractivity contribution in [2.45, 2.75) is 39.7 Å². The third-order valence-electron chi connectivity index (χ3n) is 3.85. The number of nitrogens with zero attached hydrogens (tertiary/aromatic N) is 1. The van der Waals surface area contributed by atoms with Gasteiger partial charge in [-0.05, 0) is 49.6 Å². The normalized spacial score (nSPS) is 13.9. The highest BCUT2D eigenvalue weighted by atomic mass is 19.3. The molecule has 30 heavy (non-hydrogen) atoms. The summed E-state index contributed by atoms with van der Waals surface area (Å²) in [5, 5.41) is 5.98. The molecule has 1 aromatic heterocycles. The van der Waals surface area contributed by atoms with E-state index in [1.54, 1.807) is 6.92 Å². The van der Waals surface area contributed by atoms with E-state index in [-0.39, 0.29) is 11.7 Å². The van der Waals surface area contributed by atoms with Gasteiger partial charge in [-0.15, -0.1) is 0 Å². The van der Waals surface area contributed by atoms with Gasteiger partial charge >= 0.3 is 5.92 Å². The monoisotopic (exact) mass is 429 g/mol. The van der Waals surface area contributed by atoms with Gasteiger partial charge < -0.3 is 26.8 Å². The maximum absolute atomic E-state index is 12.8. The summed E-state index contributed by atoms with van der Waals surface area (Å²) in [5.74, 6) is -3.47.